The van der Waals surface area contributed by atoms with Crippen LogP contribution in [0.2, 0.25) is 0 Å². The van der Waals surface area contributed by atoms with Gasteiger partial charge in [-0.2, -0.15) is 0 Å². The normalized spacial score (nSPS) is 10.4. The number of carbonyl (C=O) groups excluding carboxylic acids is 1. The molecule has 0 aliphatic carbocycles. The first-order chi connectivity index (χ1) is 7.81. The number of ether oxygens (including phenoxy) is 1. The number of hydrogen-bond donors (Lipinski definition) is 1. The number of hydrogen-bond acceptors (Lipinski definition) is 3. The summed E-state index contributed by atoms with van der Waals surface area (Å²) in [5.41, 5.74) is 0. The Bertz CT molecular complexity index is 160. The Balaban J connectivity index is 3.01. The molecule has 3 heteroatoms. The largest absolute Gasteiger partial charge is 0.466 e. The highest BCUT2D eigenvalue weighted by atomic mass is 16.5. The number of carbonyl (C=O) groups is 1. The van der Waals surface area contributed by atoms with E-state index in [1.54, 1.807) is 0 Å². The van der Waals surface area contributed by atoms with E-state index in [-0.39, 0.29) is 5.97 Å². The summed E-state index contributed by atoms with van der Waals surface area (Å²) in [6, 6.07) is 0. The van der Waals surface area contributed by atoms with Gasteiger partial charge in [0, 0.05) is 6.42 Å². The molecule has 0 aromatic rings. The minimum atomic E-state index is -0.0570. The Morgan fingerprint density at radius 3 is 2.31 bits per heavy atom. The van der Waals surface area contributed by atoms with Crippen molar-refractivity contribution >= 4 is 5.97 Å². The molecule has 3 nitrogen and oxygen atoms in total. The van der Waals surface area contributed by atoms with Gasteiger partial charge in [0.05, 0.1) is 6.61 Å². The SMILES string of the molecule is CCCCCNCCCCCC(=O)OCC. The Labute approximate surface area is 99.9 Å². The molecule has 0 saturated heterocycles. The average Bonchev–Trinajstić information content (AvgIpc) is 2.27. The second-order valence-corrected chi connectivity index (χ2v) is 4.07. The van der Waals surface area contributed by atoms with E-state index in [2.05, 4.69) is 12.2 Å². The first kappa shape index (κ1) is 15.4. The minimum absolute atomic E-state index is 0.0570. The van der Waals surface area contributed by atoms with Crippen molar-refractivity contribution in [1.29, 1.82) is 0 Å². The van der Waals surface area contributed by atoms with Crippen LogP contribution < -0.4 is 5.32 Å². The zero-order valence-electron chi connectivity index (χ0n) is 10.9. The maximum Gasteiger partial charge on any atom is 0.305 e. The summed E-state index contributed by atoms with van der Waals surface area (Å²) in [5, 5.41) is 3.42. The second-order valence-electron chi connectivity index (χ2n) is 4.07. The molecule has 0 aromatic carbocycles. The predicted molar refractivity (Wildman–Crippen MR) is 67.5 cm³/mol. The Morgan fingerprint density at radius 2 is 1.69 bits per heavy atom. The molecule has 0 fully saturated rings. The summed E-state index contributed by atoms with van der Waals surface area (Å²) in [4.78, 5) is 11.0. The molecule has 16 heavy (non-hydrogen) atoms. The van der Waals surface area contributed by atoms with Crippen LogP contribution in [0.25, 0.3) is 0 Å². The molecule has 0 radical (unpaired) electrons. The molecule has 0 bridgehead atoms. The molecule has 0 heterocycles. The van der Waals surface area contributed by atoms with Crippen LogP contribution in [-0.2, 0) is 9.53 Å². The van der Waals surface area contributed by atoms with E-state index >= 15 is 0 Å². The van der Waals surface area contributed by atoms with Crippen LogP contribution in [0, 0.1) is 0 Å². The smallest absolute Gasteiger partial charge is 0.305 e. The zero-order chi connectivity index (χ0) is 12.1. The van der Waals surface area contributed by atoms with Crippen molar-refractivity contribution in [3.05, 3.63) is 0 Å². The lowest BCUT2D eigenvalue weighted by molar-refractivity contribution is -0.143. The molecular weight excluding hydrogens is 202 g/mol. The van der Waals surface area contributed by atoms with Gasteiger partial charge in [0.25, 0.3) is 0 Å². The summed E-state index contributed by atoms with van der Waals surface area (Å²) in [7, 11) is 0. The average molecular weight is 229 g/mol. The number of unbranched alkanes of at least 4 members (excludes halogenated alkanes) is 4. The van der Waals surface area contributed by atoms with Gasteiger partial charge in [0.2, 0.25) is 0 Å². The lowest BCUT2D eigenvalue weighted by atomic mass is 10.2. The zero-order valence-corrected chi connectivity index (χ0v) is 10.9. The molecule has 0 atom stereocenters. The van der Waals surface area contributed by atoms with Gasteiger partial charge in [-0.25, -0.2) is 0 Å². The third kappa shape index (κ3) is 11.5. The van der Waals surface area contributed by atoms with Crippen molar-refractivity contribution < 1.29 is 9.53 Å². The van der Waals surface area contributed by atoms with Crippen molar-refractivity contribution in [3.8, 4) is 0 Å². The summed E-state index contributed by atoms with van der Waals surface area (Å²) < 4.78 is 4.86. The first-order valence-electron chi connectivity index (χ1n) is 6.67. The van der Waals surface area contributed by atoms with Gasteiger partial charge in [-0.05, 0) is 39.3 Å². The van der Waals surface area contributed by atoms with E-state index in [4.69, 9.17) is 4.74 Å². The lowest BCUT2D eigenvalue weighted by Gasteiger charge is -2.04. The predicted octanol–water partition coefficient (Wildman–Crippen LogP) is 2.89. The quantitative estimate of drug-likeness (QED) is 0.437. The van der Waals surface area contributed by atoms with Crippen molar-refractivity contribution in [2.45, 2.75) is 58.8 Å². The number of esters is 1. The van der Waals surface area contributed by atoms with Crippen LogP contribution in [-0.4, -0.2) is 25.7 Å². The molecule has 0 amide bonds. The maximum absolute atomic E-state index is 11.0. The van der Waals surface area contributed by atoms with E-state index in [1.165, 1.54) is 19.3 Å². The van der Waals surface area contributed by atoms with E-state index in [1.807, 2.05) is 6.92 Å². The van der Waals surface area contributed by atoms with Crippen LogP contribution in [0.3, 0.4) is 0 Å². The Morgan fingerprint density at radius 1 is 1.00 bits per heavy atom. The second kappa shape index (κ2) is 12.5. The van der Waals surface area contributed by atoms with Crippen LogP contribution in [0.4, 0.5) is 0 Å². The third-order valence-electron chi connectivity index (χ3n) is 2.50. The molecule has 0 aromatic heterocycles. The van der Waals surface area contributed by atoms with Crippen molar-refractivity contribution in [3.63, 3.8) is 0 Å². The van der Waals surface area contributed by atoms with Gasteiger partial charge in [-0.3, -0.25) is 4.79 Å². The Kier molecular flexibility index (Phi) is 12.1. The molecule has 0 spiro atoms. The summed E-state index contributed by atoms with van der Waals surface area (Å²) in [5.74, 6) is -0.0570. The van der Waals surface area contributed by atoms with E-state index in [0.717, 1.165) is 32.4 Å². The highest BCUT2D eigenvalue weighted by Gasteiger charge is 2.00. The van der Waals surface area contributed by atoms with Crippen LogP contribution >= 0.6 is 0 Å². The fourth-order valence-corrected chi connectivity index (χ4v) is 1.55. The molecular formula is C13H27NO2. The Hall–Kier alpha value is -0.570. The number of rotatable bonds is 11. The van der Waals surface area contributed by atoms with Crippen molar-refractivity contribution in [1.82, 2.24) is 5.32 Å². The lowest BCUT2D eigenvalue weighted by Crippen LogP contribution is -2.16. The molecule has 0 saturated carbocycles. The van der Waals surface area contributed by atoms with Crippen molar-refractivity contribution in [2.24, 2.45) is 0 Å². The van der Waals surface area contributed by atoms with Crippen molar-refractivity contribution in [2.75, 3.05) is 19.7 Å². The van der Waals surface area contributed by atoms with Gasteiger partial charge in [0.1, 0.15) is 0 Å². The fraction of sp³-hybridized carbons (Fsp3) is 0.923. The standard InChI is InChI=1S/C13H27NO2/c1-3-5-8-11-14-12-9-6-7-10-13(15)16-4-2/h14H,3-12H2,1-2H3. The highest BCUT2D eigenvalue weighted by Crippen LogP contribution is 2.00. The van der Waals surface area contributed by atoms with Crippen LogP contribution in [0.1, 0.15) is 58.8 Å². The van der Waals surface area contributed by atoms with Crippen LogP contribution in [0.15, 0.2) is 0 Å². The summed E-state index contributed by atoms with van der Waals surface area (Å²) in [6.07, 6.45) is 7.67. The molecule has 0 aliphatic rings. The molecule has 1 N–H and O–H groups in total. The van der Waals surface area contributed by atoms with E-state index in [0.29, 0.717) is 13.0 Å². The summed E-state index contributed by atoms with van der Waals surface area (Å²) >= 11 is 0. The van der Waals surface area contributed by atoms with Gasteiger partial charge < -0.3 is 10.1 Å². The van der Waals surface area contributed by atoms with E-state index < -0.39 is 0 Å². The van der Waals surface area contributed by atoms with Gasteiger partial charge in [-0.15, -0.1) is 0 Å². The first-order valence-corrected chi connectivity index (χ1v) is 6.67. The summed E-state index contributed by atoms with van der Waals surface area (Å²) in [6.45, 7) is 6.77. The van der Waals surface area contributed by atoms with Gasteiger partial charge in [-0.1, -0.05) is 26.2 Å². The van der Waals surface area contributed by atoms with Gasteiger partial charge in [0.15, 0.2) is 0 Å². The highest BCUT2D eigenvalue weighted by molar-refractivity contribution is 5.69. The van der Waals surface area contributed by atoms with E-state index in [9.17, 15) is 4.79 Å². The molecule has 0 aliphatic heterocycles. The molecule has 0 unspecified atom stereocenters. The topological polar surface area (TPSA) is 38.3 Å². The fourth-order valence-electron chi connectivity index (χ4n) is 1.55. The monoisotopic (exact) mass is 229 g/mol. The minimum Gasteiger partial charge on any atom is -0.466 e. The van der Waals surface area contributed by atoms with Gasteiger partial charge >= 0.3 is 5.97 Å². The molecule has 0 rings (SSSR count). The molecule has 96 valence electrons. The van der Waals surface area contributed by atoms with Crippen LogP contribution in [0.5, 0.6) is 0 Å². The number of nitrogens with one attached hydrogen (secondary N) is 1. The maximum atomic E-state index is 11.0. The third-order valence-corrected chi connectivity index (χ3v) is 2.50.